The molecule has 1 fully saturated rings. The molecule has 2 aromatic carbocycles. The van der Waals surface area contributed by atoms with Crippen molar-refractivity contribution in [1.82, 2.24) is 4.98 Å². The molecule has 0 unspecified atom stereocenters. The number of para-hydroxylation sites is 1. The summed E-state index contributed by atoms with van der Waals surface area (Å²) in [4.78, 5) is 16.0. The first-order valence-corrected chi connectivity index (χ1v) is 10.0. The first kappa shape index (κ1) is 17.2. The zero-order valence-corrected chi connectivity index (χ0v) is 16.0. The van der Waals surface area contributed by atoms with Crippen molar-refractivity contribution in [3.8, 4) is 11.5 Å². The van der Waals surface area contributed by atoms with Crippen LogP contribution in [0.15, 0.2) is 42.5 Å². The maximum Gasteiger partial charge on any atom is 0.251 e. The van der Waals surface area contributed by atoms with E-state index in [-0.39, 0.29) is 5.91 Å². The molecule has 1 spiro atoms. The Morgan fingerprint density at radius 3 is 2.71 bits per heavy atom. The van der Waals surface area contributed by atoms with Crippen molar-refractivity contribution >= 4 is 22.5 Å². The predicted octanol–water partition coefficient (Wildman–Crippen LogP) is 5.09. The van der Waals surface area contributed by atoms with Gasteiger partial charge in [-0.2, -0.15) is 0 Å². The Labute approximate surface area is 164 Å². The third-order valence-corrected chi connectivity index (χ3v) is 5.80. The van der Waals surface area contributed by atoms with Gasteiger partial charge in [0.05, 0.1) is 6.42 Å². The van der Waals surface area contributed by atoms with Crippen molar-refractivity contribution in [1.29, 1.82) is 0 Å². The molecule has 28 heavy (non-hydrogen) atoms. The Morgan fingerprint density at radius 1 is 1.07 bits per heavy atom. The summed E-state index contributed by atoms with van der Waals surface area (Å²) in [6, 6.07) is 13.7. The Bertz CT molecular complexity index is 1050. The van der Waals surface area contributed by atoms with Crippen molar-refractivity contribution in [2.45, 2.75) is 51.2 Å². The first-order chi connectivity index (χ1) is 13.6. The third-order valence-electron chi connectivity index (χ3n) is 5.80. The largest absolute Gasteiger partial charge is 0.448 e. The van der Waals surface area contributed by atoms with Crippen molar-refractivity contribution < 1.29 is 14.3 Å². The molecule has 3 aromatic rings. The van der Waals surface area contributed by atoms with Crippen LogP contribution < -0.4 is 14.8 Å². The molecule has 2 heterocycles. The lowest BCUT2D eigenvalue weighted by Gasteiger charge is -2.31. The van der Waals surface area contributed by atoms with Crippen LogP contribution in [0, 0.1) is 6.92 Å². The fraction of sp³-hybridized carbons (Fsp3) is 0.348. The maximum atomic E-state index is 12.7. The number of amides is 1. The molecule has 0 bridgehead atoms. The number of aromatic amines is 1. The molecule has 1 aromatic heterocycles. The van der Waals surface area contributed by atoms with Crippen LogP contribution in [0.5, 0.6) is 11.5 Å². The summed E-state index contributed by atoms with van der Waals surface area (Å²) in [5, 5.41) is 4.10. The second-order valence-electron chi connectivity index (χ2n) is 7.84. The lowest BCUT2D eigenvalue weighted by atomic mass is 9.94. The number of hydrogen-bond acceptors (Lipinski definition) is 3. The van der Waals surface area contributed by atoms with E-state index in [9.17, 15) is 4.79 Å². The van der Waals surface area contributed by atoms with Crippen molar-refractivity contribution in [2.75, 3.05) is 5.32 Å². The number of fused-ring (bicyclic) bond motifs is 2. The summed E-state index contributed by atoms with van der Waals surface area (Å²) in [6.07, 6.45) is 5.66. The molecule has 0 saturated heterocycles. The normalized spacial score (nSPS) is 17.2. The quantitative estimate of drug-likeness (QED) is 0.669. The SMILES string of the molecule is Cc1[nH]c2ccccc2c1CC(=O)Nc1ccc2c(c1)OC1(CCCCC1)O2. The van der Waals surface area contributed by atoms with Gasteiger partial charge in [0.1, 0.15) is 0 Å². The maximum absolute atomic E-state index is 12.7. The Hall–Kier alpha value is -2.95. The van der Waals surface area contributed by atoms with Gasteiger partial charge in [0.15, 0.2) is 11.5 Å². The van der Waals surface area contributed by atoms with Crippen molar-refractivity contribution in [2.24, 2.45) is 0 Å². The number of aromatic nitrogens is 1. The van der Waals surface area contributed by atoms with Crippen molar-refractivity contribution in [3.05, 3.63) is 53.7 Å². The van der Waals surface area contributed by atoms with Crippen LogP contribution in [0.25, 0.3) is 10.9 Å². The van der Waals surface area contributed by atoms with Crippen LogP contribution in [-0.2, 0) is 11.2 Å². The van der Waals surface area contributed by atoms with Gasteiger partial charge in [0.25, 0.3) is 5.79 Å². The molecule has 1 aliphatic carbocycles. The van der Waals surface area contributed by atoms with Gasteiger partial charge in [-0.1, -0.05) is 24.6 Å². The molecule has 144 valence electrons. The minimum atomic E-state index is -0.496. The molecular formula is C23H24N2O3. The monoisotopic (exact) mass is 376 g/mol. The Kier molecular flexibility index (Phi) is 4.04. The van der Waals surface area contributed by atoms with E-state index in [4.69, 9.17) is 9.47 Å². The van der Waals surface area contributed by atoms with E-state index in [1.54, 1.807) is 0 Å². The molecular weight excluding hydrogens is 352 g/mol. The number of hydrogen-bond donors (Lipinski definition) is 2. The van der Waals surface area contributed by atoms with Gasteiger partial charge in [-0.15, -0.1) is 0 Å². The number of anilines is 1. The zero-order valence-electron chi connectivity index (χ0n) is 16.0. The summed E-state index contributed by atoms with van der Waals surface area (Å²) < 4.78 is 12.3. The highest BCUT2D eigenvalue weighted by Crippen LogP contribution is 2.46. The van der Waals surface area contributed by atoms with E-state index in [1.807, 2.05) is 49.4 Å². The summed E-state index contributed by atoms with van der Waals surface area (Å²) in [5.41, 5.74) is 3.86. The van der Waals surface area contributed by atoms with E-state index < -0.39 is 5.79 Å². The van der Waals surface area contributed by atoms with Crippen LogP contribution >= 0.6 is 0 Å². The number of nitrogens with one attached hydrogen (secondary N) is 2. The average Bonchev–Trinajstić information content (AvgIpc) is 3.19. The molecule has 5 heteroatoms. The summed E-state index contributed by atoms with van der Waals surface area (Å²) in [5.74, 6) is 0.958. The molecule has 0 atom stereocenters. The van der Waals surface area contributed by atoms with Gasteiger partial charge in [-0.05, 0) is 43.5 Å². The van der Waals surface area contributed by atoms with E-state index >= 15 is 0 Å². The van der Waals surface area contributed by atoms with Gasteiger partial charge >= 0.3 is 0 Å². The predicted molar refractivity (Wildman–Crippen MR) is 109 cm³/mol. The highest BCUT2D eigenvalue weighted by atomic mass is 16.7. The van der Waals surface area contributed by atoms with Gasteiger partial charge in [-0.25, -0.2) is 0 Å². The van der Waals surface area contributed by atoms with E-state index in [0.717, 1.165) is 65.0 Å². The van der Waals surface area contributed by atoms with Crippen LogP contribution in [-0.4, -0.2) is 16.7 Å². The number of aryl methyl sites for hydroxylation is 1. The fourth-order valence-electron chi connectivity index (χ4n) is 4.39. The first-order valence-electron chi connectivity index (χ1n) is 10.0. The number of ether oxygens (including phenoxy) is 2. The smallest absolute Gasteiger partial charge is 0.251 e. The molecule has 5 nitrogen and oxygen atoms in total. The average molecular weight is 376 g/mol. The number of rotatable bonds is 3. The number of carbonyl (C=O) groups excluding carboxylic acids is 1. The minimum absolute atomic E-state index is 0.0425. The molecule has 1 amide bonds. The molecule has 2 aliphatic rings. The van der Waals surface area contributed by atoms with Gasteiger partial charge in [-0.3, -0.25) is 4.79 Å². The molecule has 1 aliphatic heterocycles. The second kappa shape index (κ2) is 6.59. The lowest BCUT2D eigenvalue weighted by Crippen LogP contribution is -2.40. The molecule has 0 radical (unpaired) electrons. The Morgan fingerprint density at radius 2 is 1.86 bits per heavy atom. The zero-order chi connectivity index (χ0) is 19.1. The minimum Gasteiger partial charge on any atom is -0.448 e. The van der Waals surface area contributed by atoms with Crippen LogP contribution in [0.3, 0.4) is 0 Å². The van der Waals surface area contributed by atoms with Crippen molar-refractivity contribution in [3.63, 3.8) is 0 Å². The molecule has 2 N–H and O–H groups in total. The topological polar surface area (TPSA) is 63.4 Å². The molecule has 1 saturated carbocycles. The van der Waals surface area contributed by atoms with Crippen LogP contribution in [0.2, 0.25) is 0 Å². The highest BCUT2D eigenvalue weighted by molar-refractivity contribution is 5.96. The van der Waals surface area contributed by atoms with Gasteiger partial charge in [0.2, 0.25) is 5.91 Å². The van der Waals surface area contributed by atoms with Gasteiger partial charge in [0, 0.05) is 41.2 Å². The molecule has 5 rings (SSSR count). The second-order valence-corrected chi connectivity index (χ2v) is 7.84. The fourth-order valence-corrected chi connectivity index (χ4v) is 4.39. The van der Waals surface area contributed by atoms with Gasteiger partial charge < -0.3 is 19.8 Å². The van der Waals surface area contributed by atoms with E-state index in [0.29, 0.717) is 6.42 Å². The highest BCUT2D eigenvalue weighted by Gasteiger charge is 2.42. The summed E-state index contributed by atoms with van der Waals surface area (Å²) >= 11 is 0. The Balaban J connectivity index is 1.31. The summed E-state index contributed by atoms with van der Waals surface area (Å²) in [7, 11) is 0. The number of H-pyrrole nitrogens is 1. The van der Waals surface area contributed by atoms with Crippen LogP contribution in [0.4, 0.5) is 5.69 Å². The lowest BCUT2D eigenvalue weighted by molar-refractivity contribution is -0.115. The third kappa shape index (κ3) is 3.01. The number of benzene rings is 2. The van der Waals surface area contributed by atoms with Crippen LogP contribution in [0.1, 0.15) is 43.4 Å². The number of carbonyl (C=O) groups is 1. The summed E-state index contributed by atoms with van der Waals surface area (Å²) in [6.45, 7) is 2.01. The van der Waals surface area contributed by atoms with E-state index in [2.05, 4.69) is 10.3 Å². The van der Waals surface area contributed by atoms with E-state index in [1.165, 1.54) is 6.42 Å². The standard InChI is InChI=1S/C23H24N2O3/c1-15-18(17-7-3-4-8-19(17)24-15)14-22(26)25-16-9-10-20-21(13-16)28-23(27-20)11-5-2-6-12-23/h3-4,7-10,13,24H,2,5-6,11-12,14H2,1H3,(H,25,26).